The van der Waals surface area contributed by atoms with E-state index in [-0.39, 0.29) is 23.7 Å². The van der Waals surface area contributed by atoms with Crippen molar-refractivity contribution >= 4 is 39.2 Å². The number of ether oxygens (including phenoxy) is 1. The zero-order valence-corrected chi connectivity index (χ0v) is 18.4. The maximum absolute atomic E-state index is 13.1. The van der Waals surface area contributed by atoms with Gasteiger partial charge in [-0.2, -0.15) is 0 Å². The summed E-state index contributed by atoms with van der Waals surface area (Å²) in [6.07, 6.45) is 2.28. The molecule has 3 heterocycles. The van der Waals surface area contributed by atoms with Crippen LogP contribution in [0, 0.1) is 6.92 Å². The van der Waals surface area contributed by atoms with E-state index in [1.165, 1.54) is 17.5 Å². The third-order valence-corrected chi connectivity index (χ3v) is 6.73. The molecule has 0 saturated carbocycles. The average molecular weight is 440 g/mol. The lowest BCUT2D eigenvalue weighted by atomic mass is 9.95. The highest BCUT2D eigenvalue weighted by atomic mass is 32.1. The van der Waals surface area contributed by atoms with E-state index >= 15 is 0 Å². The third kappa shape index (κ3) is 4.24. The molecule has 162 valence electrons. The number of likely N-dealkylation sites (tertiary alicyclic amines) is 1. The number of carbonyl (C=O) groups excluding carboxylic acids is 2. The minimum Gasteiger partial charge on any atom is -0.383 e. The van der Waals surface area contributed by atoms with Gasteiger partial charge in [0.1, 0.15) is 0 Å². The first-order valence-electron chi connectivity index (χ1n) is 10.2. The van der Waals surface area contributed by atoms with E-state index in [9.17, 15) is 9.59 Å². The molecule has 9 heteroatoms. The molecule has 1 fully saturated rings. The second-order valence-corrected chi connectivity index (χ2v) is 8.61. The number of benzene rings is 1. The van der Waals surface area contributed by atoms with Crippen molar-refractivity contribution < 1.29 is 14.3 Å². The quantitative estimate of drug-likeness (QED) is 0.571. The predicted molar refractivity (Wildman–Crippen MR) is 120 cm³/mol. The van der Waals surface area contributed by atoms with E-state index < -0.39 is 0 Å². The normalized spacial score (nSPS) is 16.1. The molecule has 3 N–H and O–H groups in total. The van der Waals surface area contributed by atoms with E-state index in [1.807, 2.05) is 23.1 Å². The Morgan fingerprint density at radius 1 is 1.35 bits per heavy atom. The number of aromatic nitrogens is 2. The first-order chi connectivity index (χ1) is 15.0. The average Bonchev–Trinajstić information content (AvgIpc) is 3.38. The Morgan fingerprint density at radius 2 is 2.16 bits per heavy atom. The SMILES string of the molecule is COCCNC(=O)c1sc2ccccc2c1[C@@H]1CCN(C(=O)c2cnc(N)nc2C)C1. The molecule has 0 bridgehead atoms. The first-order valence-corrected chi connectivity index (χ1v) is 11.0. The Balaban J connectivity index is 1.61. The second-order valence-electron chi connectivity index (χ2n) is 7.55. The third-order valence-electron chi connectivity index (χ3n) is 5.54. The maximum Gasteiger partial charge on any atom is 0.261 e. The smallest absolute Gasteiger partial charge is 0.261 e. The summed E-state index contributed by atoms with van der Waals surface area (Å²) in [7, 11) is 1.61. The molecule has 0 unspecified atom stereocenters. The Kier molecular flexibility index (Phi) is 6.15. The topological polar surface area (TPSA) is 110 Å². The molecule has 2 aromatic heterocycles. The number of nitrogens with zero attached hydrogens (tertiary/aromatic N) is 3. The van der Waals surface area contributed by atoms with Gasteiger partial charge in [-0.1, -0.05) is 18.2 Å². The van der Waals surface area contributed by atoms with Crippen molar-refractivity contribution in [2.75, 3.05) is 39.1 Å². The van der Waals surface area contributed by atoms with E-state index in [2.05, 4.69) is 21.4 Å². The lowest BCUT2D eigenvalue weighted by molar-refractivity contribution is 0.0789. The lowest BCUT2D eigenvalue weighted by Crippen LogP contribution is -2.30. The molecule has 0 radical (unpaired) electrons. The van der Waals surface area contributed by atoms with E-state index in [0.717, 1.165) is 22.1 Å². The Morgan fingerprint density at radius 3 is 2.94 bits per heavy atom. The zero-order chi connectivity index (χ0) is 22.0. The second kappa shape index (κ2) is 8.99. The number of rotatable bonds is 6. The van der Waals surface area contributed by atoms with Gasteiger partial charge in [-0.15, -0.1) is 11.3 Å². The van der Waals surface area contributed by atoms with Gasteiger partial charge in [-0.25, -0.2) is 9.97 Å². The Bertz CT molecular complexity index is 1130. The zero-order valence-electron chi connectivity index (χ0n) is 17.6. The summed E-state index contributed by atoms with van der Waals surface area (Å²) in [5.41, 5.74) is 7.67. The van der Waals surface area contributed by atoms with Gasteiger partial charge in [-0.3, -0.25) is 9.59 Å². The number of carbonyl (C=O) groups is 2. The van der Waals surface area contributed by atoms with Crippen molar-refractivity contribution in [3.05, 3.63) is 52.2 Å². The molecule has 0 spiro atoms. The molecule has 1 aromatic carbocycles. The first kappa shape index (κ1) is 21.2. The van der Waals surface area contributed by atoms with Crippen LogP contribution in [0.25, 0.3) is 10.1 Å². The van der Waals surface area contributed by atoms with Crippen LogP contribution in [0.2, 0.25) is 0 Å². The van der Waals surface area contributed by atoms with Crippen molar-refractivity contribution in [3.8, 4) is 0 Å². The van der Waals surface area contributed by atoms with Crippen molar-refractivity contribution in [1.82, 2.24) is 20.2 Å². The number of thiophene rings is 1. The van der Waals surface area contributed by atoms with Crippen LogP contribution in [0.1, 0.15) is 43.6 Å². The van der Waals surface area contributed by atoms with Gasteiger partial charge in [0.05, 0.1) is 22.7 Å². The number of nitrogens with two attached hydrogens (primary N) is 1. The number of anilines is 1. The van der Waals surface area contributed by atoms with Gasteiger partial charge >= 0.3 is 0 Å². The number of fused-ring (bicyclic) bond motifs is 1. The molecule has 4 rings (SSSR count). The van der Waals surface area contributed by atoms with Gasteiger partial charge in [0.2, 0.25) is 5.95 Å². The highest BCUT2D eigenvalue weighted by molar-refractivity contribution is 7.21. The number of methoxy groups -OCH3 is 1. The maximum atomic E-state index is 13.1. The number of nitrogens with one attached hydrogen (secondary N) is 1. The fourth-order valence-corrected chi connectivity index (χ4v) is 5.24. The van der Waals surface area contributed by atoms with Crippen molar-refractivity contribution in [1.29, 1.82) is 0 Å². The van der Waals surface area contributed by atoms with Gasteiger partial charge in [-0.05, 0) is 30.4 Å². The van der Waals surface area contributed by atoms with E-state index in [4.69, 9.17) is 10.5 Å². The van der Waals surface area contributed by atoms with Crippen LogP contribution in [-0.2, 0) is 4.74 Å². The summed E-state index contributed by atoms with van der Waals surface area (Å²) in [6, 6.07) is 8.04. The van der Waals surface area contributed by atoms with Crippen LogP contribution in [-0.4, -0.2) is 60.0 Å². The van der Waals surface area contributed by atoms with Crippen LogP contribution in [0.5, 0.6) is 0 Å². The number of amides is 2. The minimum absolute atomic E-state index is 0.0817. The van der Waals surface area contributed by atoms with E-state index in [1.54, 1.807) is 14.0 Å². The molecule has 3 aromatic rings. The summed E-state index contributed by atoms with van der Waals surface area (Å²) >= 11 is 1.50. The number of hydrogen-bond acceptors (Lipinski definition) is 7. The van der Waals surface area contributed by atoms with Crippen molar-refractivity contribution in [3.63, 3.8) is 0 Å². The summed E-state index contributed by atoms with van der Waals surface area (Å²) < 4.78 is 6.11. The number of nitrogen functional groups attached to an aromatic ring is 1. The molecular formula is C22H25N5O3S. The monoisotopic (exact) mass is 439 g/mol. The molecule has 1 aliphatic heterocycles. The lowest BCUT2D eigenvalue weighted by Gasteiger charge is -2.18. The summed E-state index contributed by atoms with van der Waals surface area (Å²) in [5.74, 6) is 0.0342. The molecular weight excluding hydrogens is 414 g/mol. The molecule has 1 atom stereocenters. The van der Waals surface area contributed by atoms with Gasteiger partial charge in [0.15, 0.2) is 0 Å². The number of hydrogen-bond donors (Lipinski definition) is 2. The molecule has 0 aliphatic carbocycles. The van der Waals surface area contributed by atoms with Crippen LogP contribution >= 0.6 is 11.3 Å². The standard InChI is InChI=1S/C22H25N5O3S/c1-13-16(11-25-22(23)26-13)21(29)27-9-7-14(12-27)18-15-5-3-4-6-17(15)31-19(18)20(28)24-8-10-30-2/h3-6,11,14H,7-10,12H2,1-2H3,(H,24,28)(H2,23,25,26)/t14-/m1/s1. The Hall–Kier alpha value is -3.04. The predicted octanol–water partition coefficient (Wildman–Crippen LogP) is 2.59. The summed E-state index contributed by atoms with van der Waals surface area (Å²) in [4.78, 5) is 36.6. The van der Waals surface area contributed by atoms with E-state index in [0.29, 0.717) is 42.4 Å². The summed E-state index contributed by atoms with van der Waals surface area (Å²) in [6.45, 7) is 3.83. The number of aryl methyl sites for hydroxylation is 1. The van der Waals surface area contributed by atoms with Crippen LogP contribution in [0.4, 0.5) is 5.95 Å². The van der Waals surface area contributed by atoms with Crippen LogP contribution in [0.3, 0.4) is 0 Å². The molecule has 8 nitrogen and oxygen atoms in total. The highest BCUT2D eigenvalue weighted by Crippen LogP contribution is 2.40. The summed E-state index contributed by atoms with van der Waals surface area (Å²) in [5, 5.41) is 4.01. The molecule has 31 heavy (non-hydrogen) atoms. The Labute approximate surface area is 184 Å². The van der Waals surface area contributed by atoms with Gasteiger partial charge < -0.3 is 20.7 Å². The highest BCUT2D eigenvalue weighted by Gasteiger charge is 2.33. The fraction of sp³-hybridized carbons (Fsp3) is 0.364. The van der Waals surface area contributed by atoms with Crippen molar-refractivity contribution in [2.45, 2.75) is 19.3 Å². The largest absolute Gasteiger partial charge is 0.383 e. The van der Waals surface area contributed by atoms with Crippen LogP contribution in [0.15, 0.2) is 30.5 Å². The molecule has 1 saturated heterocycles. The fourth-order valence-electron chi connectivity index (χ4n) is 4.03. The van der Waals surface area contributed by atoms with Gasteiger partial charge in [0.25, 0.3) is 11.8 Å². The molecule has 1 aliphatic rings. The molecule has 2 amide bonds. The minimum atomic E-state index is -0.106. The van der Waals surface area contributed by atoms with Crippen molar-refractivity contribution in [2.24, 2.45) is 0 Å². The van der Waals surface area contributed by atoms with Crippen LogP contribution < -0.4 is 11.1 Å². The van der Waals surface area contributed by atoms with Gasteiger partial charge in [0, 0.05) is 43.6 Å².